The number of rotatable bonds is 3. The van der Waals surface area contributed by atoms with Crippen LogP contribution in [0, 0.1) is 5.92 Å². The topological polar surface area (TPSA) is 46.3 Å². The molecule has 2 atom stereocenters. The number of nitrogens with two attached hydrogens (primary N) is 1. The predicted molar refractivity (Wildman–Crippen MR) is 56.0 cm³/mol. The molecule has 2 rings (SSSR count). The largest absolute Gasteiger partial charge is 0.326 e. The Morgan fingerprint density at radius 3 is 2.71 bits per heavy atom. The summed E-state index contributed by atoms with van der Waals surface area (Å²) in [5.41, 5.74) is 6.00. The molecule has 0 aromatic carbocycles. The standard InChI is InChI=1S/C11H20N2O/c12-10-3-1-2-6-13(11(10)8-14)7-9-4-5-9/h8-11H,1-7,12H2/t10-,11?/m1/s1. The fourth-order valence-corrected chi connectivity index (χ4v) is 2.32. The fourth-order valence-electron chi connectivity index (χ4n) is 2.32. The highest BCUT2D eigenvalue weighted by Crippen LogP contribution is 2.31. The van der Waals surface area contributed by atoms with Crippen LogP contribution in [0.15, 0.2) is 0 Å². The normalized spacial score (nSPS) is 35.2. The Morgan fingerprint density at radius 1 is 1.29 bits per heavy atom. The molecule has 2 N–H and O–H groups in total. The Labute approximate surface area is 85.6 Å². The molecule has 1 saturated carbocycles. The van der Waals surface area contributed by atoms with Crippen LogP contribution in [0.4, 0.5) is 0 Å². The molecule has 0 aromatic rings. The Bertz CT molecular complexity index is 203. The van der Waals surface area contributed by atoms with Gasteiger partial charge in [0.2, 0.25) is 0 Å². The average molecular weight is 196 g/mol. The maximum atomic E-state index is 11.0. The van der Waals surface area contributed by atoms with Crippen molar-refractivity contribution >= 4 is 6.29 Å². The van der Waals surface area contributed by atoms with E-state index in [2.05, 4.69) is 4.90 Å². The van der Waals surface area contributed by atoms with Gasteiger partial charge in [0.15, 0.2) is 0 Å². The van der Waals surface area contributed by atoms with E-state index in [1.54, 1.807) is 0 Å². The molecule has 0 radical (unpaired) electrons. The number of nitrogens with zero attached hydrogens (tertiary/aromatic N) is 1. The van der Waals surface area contributed by atoms with Gasteiger partial charge < -0.3 is 10.5 Å². The van der Waals surface area contributed by atoms with Crippen LogP contribution < -0.4 is 5.73 Å². The number of carbonyl (C=O) groups is 1. The summed E-state index contributed by atoms with van der Waals surface area (Å²) in [6.07, 6.45) is 7.12. The lowest BCUT2D eigenvalue weighted by atomic mass is 10.1. The van der Waals surface area contributed by atoms with Crippen molar-refractivity contribution in [2.75, 3.05) is 13.1 Å². The molecule has 1 heterocycles. The quantitative estimate of drug-likeness (QED) is 0.678. The van der Waals surface area contributed by atoms with Gasteiger partial charge in [-0.05, 0) is 38.1 Å². The summed E-state index contributed by atoms with van der Waals surface area (Å²) in [6.45, 7) is 2.16. The van der Waals surface area contributed by atoms with Crippen LogP contribution in [0.25, 0.3) is 0 Å². The SMILES string of the molecule is N[C@@H]1CCCCN(CC2CC2)C1C=O. The van der Waals surface area contributed by atoms with Gasteiger partial charge in [-0.25, -0.2) is 0 Å². The Hall–Kier alpha value is -0.410. The molecule has 3 heteroatoms. The number of likely N-dealkylation sites (tertiary alicyclic amines) is 1. The molecule has 1 aliphatic heterocycles. The number of hydrogen-bond acceptors (Lipinski definition) is 3. The molecule has 3 nitrogen and oxygen atoms in total. The van der Waals surface area contributed by atoms with Crippen molar-refractivity contribution in [3.05, 3.63) is 0 Å². The first-order chi connectivity index (χ1) is 6.81. The number of hydrogen-bond donors (Lipinski definition) is 1. The first kappa shape index (κ1) is 10.1. The lowest BCUT2D eigenvalue weighted by Crippen LogP contribution is -2.48. The van der Waals surface area contributed by atoms with Crippen LogP contribution in [0.2, 0.25) is 0 Å². The van der Waals surface area contributed by atoms with Crippen LogP contribution in [0.1, 0.15) is 32.1 Å². The predicted octanol–water partition coefficient (Wildman–Crippen LogP) is 0.777. The van der Waals surface area contributed by atoms with Gasteiger partial charge in [0.25, 0.3) is 0 Å². The highest BCUT2D eigenvalue weighted by Gasteiger charge is 2.31. The van der Waals surface area contributed by atoms with Crippen molar-refractivity contribution in [3.8, 4) is 0 Å². The molecular formula is C11H20N2O. The third-order valence-corrected chi connectivity index (χ3v) is 3.42. The minimum atomic E-state index is -0.0156. The van der Waals surface area contributed by atoms with Crippen LogP contribution in [-0.2, 0) is 4.79 Å². The maximum Gasteiger partial charge on any atom is 0.138 e. The van der Waals surface area contributed by atoms with Crippen molar-refractivity contribution in [1.29, 1.82) is 0 Å². The zero-order valence-corrected chi connectivity index (χ0v) is 8.69. The summed E-state index contributed by atoms with van der Waals surface area (Å²) in [5, 5.41) is 0. The van der Waals surface area contributed by atoms with E-state index >= 15 is 0 Å². The molecule has 0 amide bonds. The lowest BCUT2D eigenvalue weighted by Gasteiger charge is -2.29. The first-order valence-electron chi connectivity index (χ1n) is 5.76. The van der Waals surface area contributed by atoms with Gasteiger partial charge in [-0.1, -0.05) is 6.42 Å². The van der Waals surface area contributed by atoms with E-state index in [0.717, 1.165) is 31.7 Å². The minimum Gasteiger partial charge on any atom is -0.326 e. The Morgan fingerprint density at radius 2 is 2.07 bits per heavy atom. The zero-order chi connectivity index (χ0) is 9.97. The van der Waals surface area contributed by atoms with Crippen molar-refractivity contribution in [2.24, 2.45) is 11.7 Å². The first-order valence-corrected chi connectivity index (χ1v) is 5.76. The maximum absolute atomic E-state index is 11.0. The van der Waals surface area contributed by atoms with E-state index in [9.17, 15) is 4.79 Å². The van der Waals surface area contributed by atoms with Crippen LogP contribution in [0.3, 0.4) is 0 Å². The highest BCUT2D eigenvalue weighted by atomic mass is 16.1. The molecule has 1 saturated heterocycles. The van der Waals surface area contributed by atoms with E-state index < -0.39 is 0 Å². The van der Waals surface area contributed by atoms with Gasteiger partial charge in [-0.3, -0.25) is 4.90 Å². The zero-order valence-electron chi connectivity index (χ0n) is 8.69. The van der Waals surface area contributed by atoms with Gasteiger partial charge in [-0.2, -0.15) is 0 Å². The number of carbonyl (C=O) groups excluding carboxylic acids is 1. The molecular weight excluding hydrogens is 176 g/mol. The summed E-state index contributed by atoms with van der Waals surface area (Å²) >= 11 is 0. The van der Waals surface area contributed by atoms with Gasteiger partial charge >= 0.3 is 0 Å². The number of aldehydes is 1. The lowest BCUT2D eigenvalue weighted by molar-refractivity contribution is -0.113. The molecule has 0 aromatic heterocycles. The van der Waals surface area contributed by atoms with E-state index in [0.29, 0.717) is 0 Å². The second-order valence-corrected chi connectivity index (χ2v) is 4.72. The van der Waals surface area contributed by atoms with Crippen molar-refractivity contribution in [1.82, 2.24) is 4.90 Å². The van der Waals surface area contributed by atoms with E-state index in [-0.39, 0.29) is 12.1 Å². The van der Waals surface area contributed by atoms with Crippen LogP contribution >= 0.6 is 0 Å². The van der Waals surface area contributed by atoms with Crippen molar-refractivity contribution in [3.63, 3.8) is 0 Å². The molecule has 2 aliphatic rings. The van der Waals surface area contributed by atoms with Gasteiger partial charge in [0, 0.05) is 12.6 Å². The Balaban J connectivity index is 1.96. The molecule has 14 heavy (non-hydrogen) atoms. The monoisotopic (exact) mass is 196 g/mol. The molecule has 2 fully saturated rings. The minimum absolute atomic E-state index is 0.0156. The second kappa shape index (κ2) is 4.41. The van der Waals surface area contributed by atoms with Crippen molar-refractivity contribution in [2.45, 2.75) is 44.2 Å². The second-order valence-electron chi connectivity index (χ2n) is 4.72. The summed E-state index contributed by atoms with van der Waals surface area (Å²) < 4.78 is 0. The van der Waals surface area contributed by atoms with E-state index in [1.807, 2.05) is 0 Å². The van der Waals surface area contributed by atoms with Gasteiger partial charge in [0.1, 0.15) is 6.29 Å². The molecule has 0 bridgehead atoms. The smallest absolute Gasteiger partial charge is 0.138 e. The third-order valence-electron chi connectivity index (χ3n) is 3.42. The van der Waals surface area contributed by atoms with E-state index in [4.69, 9.17) is 5.73 Å². The van der Waals surface area contributed by atoms with Crippen LogP contribution in [-0.4, -0.2) is 36.4 Å². The average Bonchev–Trinajstić information content (AvgIpc) is 2.96. The fraction of sp³-hybridized carbons (Fsp3) is 0.909. The third kappa shape index (κ3) is 2.34. The summed E-state index contributed by atoms with van der Waals surface area (Å²) in [4.78, 5) is 13.3. The molecule has 1 unspecified atom stereocenters. The van der Waals surface area contributed by atoms with Crippen molar-refractivity contribution < 1.29 is 4.79 Å². The molecule has 0 spiro atoms. The van der Waals surface area contributed by atoms with Gasteiger partial charge in [-0.15, -0.1) is 0 Å². The van der Waals surface area contributed by atoms with Gasteiger partial charge in [0.05, 0.1) is 6.04 Å². The Kier molecular flexibility index (Phi) is 3.19. The molecule has 80 valence electrons. The van der Waals surface area contributed by atoms with E-state index in [1.165, 1.54) is 25.7 Å². The summed E-state index contributed by atoms with van der Waals surface area (Å²) in [5.74, 6) is 0.850. The van der Waals surface area contributed by atoms with Crippen LogP contribution in [0.5, 0.6) is 0 Å². The summed E-state index contributed by atoms with van der Waals surface area (Å²) in [6, 6.07) is 0.0480. The molecule has 1 aliphatic carbocycles. The highest BCUT2D eigenvalue weighted by molar-refractivity contribution is 5.59. The summed E-state index contributed by atoms with van der Waals surface area (Å²) in [7, 11) is 0.